The summed E-state index contributed by atoms with van der Waals surface area (Å²) < 4.78 is -0.130. The molecule has 114 valence electrons. The molecule has 0 radical (unpaired) electrons. The second-order valence-corrected chi connectivity index (χ2v) is 9.65. The zero-order valence-electron chi connectivity index (χ0n) is 10.5. The average molecular weight is 449 g/mol. The Kier molecular flexibility index (Phi) is 6.59. The van der Waals surface area contributed by atoms with Gasteiger partial charge in [-0.15, -0.1) is 0 Å². The first-order chi connectivity index (χ1) is 9.88. The molecule has 1 N–H and O–H groups in total. The SMILES string of the molecule is O=C(NC(SC1=NCCS1)C(Cl)(Cl)Cl)c1ccccc1Br. The molecule has 21 heavy (non-hydrogen) atoms. The molecule has 0 saturated heterocycles. The third-order valence-electron chi connectivity index (χ3n) is 2.45. The molecule has 1 amide bonds. The maximum absolute atomic E-state index is 12.3. The monoisotopic (exact) mass is 446 g/mol. The van der Waals surface area contributed by atoms with Crippen LogP contribution in [-0.4, -0.2) is 31.7 Å². The summed E-state index contributed by atoms with van der Waals surface area (Å²) in [6.45, 7) is 0.748. The van der Waals surface area contributed by atoms with Crippen LogP contribution in [0.3, 0.4) is 0 Å². The molecule has 1 unspecified atom stereocenters. The van der Waals surface area contributed by atoms with Crippen molar-refractivity contribution < 1.29 is 4.79 Å². The molecule has 2 rings (SSSR count). The summed E-state index contributed by atoms with van der Waals surface area (Å²) in [5, 5.41) is 2.03. The largest absolute Gasteiger partial charge is 0.336 e. The summed E-state index contributed by atoms with van der Waals surface area (Å²) in [6.07, 6.45) is 0. The number of hydrogen-bond acceptors (Lipinski definition) is 4. The summed E-state index contributed by atoms with van der Waals surface area (Å²) >= 11 is 24.1. The van der Waals surface area contributed by atoms with Gasteiger partial charge in [0.05, 0.1) is 12.1 Å². The molecule has 1 aromatic rings. The van der Waals surface area contributed by atoms with Crippen LogP contribution in [0, 0.1) is 0 Å². The number of carbonyl (C=O) groups is 1. The fourth-order valence-electron chi connectivity index (χ4n) is 1.51. The van der Waals surface area contributed by atoms with Crippen molar-refractivity contribution in [2.45, 2.75) is 9.17 Å². The Morgan fingerprint density at radius 1 is 1.43 bits per heavy atom. The van der Waals surface area contributed by atoms with Crippen molar-refractivity contribution in [3.8, 4) is 0 Å². The van der Waals surface area contributed by atoms with E-state index in [4.69, 9.17) is 34.8 Å². The van der Waals surface area contributed by atoms with Crippen molar-refractivity contribution in [3.05, 3.63) is 34.3 Å². The van der Waals surface area contributed by atoms with Crippen LogP contribution in [0.5, 0.6) is 0 Å². The average Bonchev–Trinajstić information content (AvgIpc) is 2.90. The minimum atomic E-state index is -1.63. The molecule has 9 heteroatoms. The van der Waals surface area contributed by atoms with E-state index in [1.165, 1.54) is 11.8 Å². The van der Waals surface area contributed by atoms with Crippen molar-refractivity contribution in [1.29, 1.82) is 0 Å². The van der Waals surface area contributed by atoms with Gasteiger partial charge < -0.3 is 5.32 Å². The van der Waals surface area contributed by atoms with Gasteiger partial charge in [-0.25, -0.2) is 0 Å². The Labute approximate surface area is 154 Å². The van der Waals surface area contributed by atoms with Gasteiger partial charge in [-0.05, 0) is 28.1 Å². The second-order valence-electron chi connectivity index (χ2n) is 3.99. The predicted molar refractivity (Wildman–Crippen MR) is 98.0 cm³/mol. The lowest BCUT2D eigenvalue weighted by Gasteiger charge is -2.24. The van der Waals surface area contributed by atoms with Crippen molar-refractivity contribution in [1.82, 2.24) is 5.32 Å². The van der Waals surface area contributed by atoms with Gasteiger partial charge in [0.15, 0.2) is 0 Å². The number of hydrogen-bond donors (Lipinski definition) is 1. The smallest absolute Gasteiger partial charge is 0.253 e. The van der Waals surface area contributed by atoms with Crippen LogP contribution >= 0.6 is 74.3 Å². The van der Waals surface area contributed by atoms with Crippen LogP contribution in [0.15, 0.2) is 33.7 Å². The molecule has 0 aromatic heterocycles. The van der Waals surface area contributed by atoms with Gasteiger partial charge >= 0.3 is 0 Å². The number of halogens is 4. The van der Waals surface area contributed by atoms with E-state index < -0.39 is 9.17 Å². The molecular formula is C12H10BrCl3N2OS2. The Hall–Kier alpha value is 0.410. The van der Waals surface area contributed by atoms with Gasteiger partial charge in [0, 0.05) is 10.2 Å². The molecule has 0 fully saturated rings. The lowest BCUT2D eigenvalue weighted by molar-refractivity contribution is 0.0949. The van der Waals surface area contributed by atoms with Crippen molar-refractivity contribution in [3.63, 3.8) is 0 Å². The van der Waals surface area contributed by atoms with E-state index >= 15 is 0 Å². The third kappa shape index (κ3) is 5.22. The van der Waals surface area contributed by atoms with Gasteiger partial charge in [-0.3, -0.25) is 9.79 Å². The number of amides is 1. The van der Waals surface area contributed by atoms with Crippen LogP contribution in [0.2, 0.25) is 0 Å². The van der Waals surface area contributed by atoms with Gasteiger partial charge in [0.1, 0.15) is 9.75 Å². The zero-order valence-corrected chi connectivity index (χ0v) is 16.0. The van der Waals surface area contributed by atoms with E-state index in [-0.39, 0.29) is 5.91 Å². The highest BCUT2D eigenvalue weighted by atomic mass is 79.9. The number of rotatable bonds is 3. The number of aliphatic imine (C=N–C) groups is 1. The number of alkyl halides is 3. The topological polar surface area (TPSA) is 41.5 Å². The predicted octanol–water partition coefficient (Wildman–Crippen LogP) is 4.71. The molecule has 1 atom stereocenters. The standard InChI is InChI=1S/C12H10BrCl3N2OS2/c13-8-4-2-1-3-7(8)9(19)18-10(12(14,15)16)21-11-17-5-6-20-11/h1-4,10H,5-6H2,(H,18,19). The van der Waals surface area contributed by atoms with Crippen LogP contribution < -0.4 is 5.32 Å². The van der Waals surface area contributed by atoms with Gasteiger partial charge in [-0.2, -0.15) is 0 Å². The highest BCUT2D eigenvalue weighted by Crippen LogP contribution is 2.39. The van der Waals surface area contributed by atoms with Crippen molar-refractivity contribution in [2.24, 2.45) is 4.99 Å². The molecule has 0 bridgehead atoms. The van der Waals surface area contributed by atoms with Crippen molar-refractivity contribution >= 4 is 84.5 Å². The Morgan fingerprint density at radius 3 is 2.71 bits per heavy atom. The number of thioether (sulfide) groups is 2. The quantitative estimate of drug-likeness (QED) is 0.538. The highest BCUT2D eigenvalue weighted by molar-refractivity contribution is 9.10. The zero-order chi connectivity index (χ0) is 15.5. The first kappa shape index (κ1) is 17.8. The van der Waals surface area contributed by atoms with Gasteiger partial charge in [0.25, 0.3) is 5.91 Å². The normalized spacial score (nSPS) is 16.5. The van der Waals surface area contributed by atoms with E-state index in [9.17, 15) is 4.79 Å². The molecule has 1 aromatic carbocycles. The van der Waals surface area contributed by atoms with Crippen LogP contribution in [0.1, 0.15) is 10.4 Å². The van der Waals surface area contributed by atoms with Crippen LogP contribution in [0.4, 0.5) is 0 Å². The molecule has 1 aliphatic rings. The summed E-state index contributed by atoms with van der Waals surface area (Å²) in [7, 11) is 0. The molecule has 1 heterocycles. The minimum absolute atomic E-state index is 0.310. The fourth-order valence-corrected chi connectivity index (χ4v) is 4.55. The second kappa shape index (κ2) is 7.79. The van der Waals surface area contributed by atoms with Crippen LogP contribution in [-0.2, 0) is 0 Å². The van der Waals surface area contributed by atoms with E-state index in [2.05, 4.69) is 26.2 Å². The maximum Gasteiger partial charge on any atom is 0.253 e. The van der Waals surface area contributed by atoms with Gasteiger partial charge in [0.2, 0.25) is 3.79 Å². The lowest BCUT2D eigenvalue weighted by atomic mass is 10.2. The number of nitrogens with one attached hydrogen (secondary N) is 1. The van der Waals surface area contributed by atoms with E-state index in [0.717, 1.165) is 16.7 Å². The Bertz CT molecular complexity index is 566. The fraction of sp³-hybridized carbons (Fsp3) is 0.333. The van der Waals surface area contributed by atoms with E-state index in [0.29, 0.717) is 10.0 Å². The molecule has 0 saturated carbocycles. The van der Waals surface area contributed by atoms with Crippen LogP contribution in [0.25, 0.3) is 0 Å². The minimum Gasteiger partial charge on any atom is -0.336 e. The Morgan fingerprint density at radius 2 is 2.14 bits per heavy atom. The Balaban J connectivity index is 2.11. The summed E-state index contributed by atoms with van der Waals surface area (Å²) in [5.74, 6) is 0.600. The van der Waals surface area contributed by atoms with E-state index in [1.54, 1.807) is 30.0 Å². The summed E-state index contributed by atoms with van der Waals surface area (Å²) in [4.78, 5) is 16.6. The first-order valence-corrected chi connectivity index (χ1v) is 9.63. The van der Waals surface area contributed by atoms with Gasteiger partial charge in [-0.1, -0.05) is 70.5 Å². The molecule has 0 spiro atoms. The number of benzene rings is 1. The third-order valence-corrected chi connectivity index (χ3v) is 6.63. The van der Waals surface area contributed by atoms with Crippen molar-refractivity contribution in [2.75, 3.05) is 12.3 Å². The molecule has 3 nitrogen and oxygen atoms in total. The van der Waals surface area contributed by atoms with E-state index in [1.807, 2.05) is 6.07 Å². The molecular weight excluding hydrogens is 439 g/mol. The summed E-state index contributed by atoms with van der Waals surface area (Å²) in [6, 6.07) is 7.07. The number of nitrogens with zero attached hydrogens (tertiary/aromatic N) is 1. The first-order valence-electron chi connectivity index (χ1n) is 5.84. The lowest BCUT2D eigenvalue weighted by Crippen LogP contribution is -2.42. The highest BCUT2D eigenvalue weighted by Gasteiger charge is 2.36. The summed E-state index contributed by atoms with van der Waals surface area (Å²) in [5.41, 5.74) is 0.485. The maximum atomic E-state index is 12.3. The number of carbonyl (C=O) groups excluding carboxylic acids is 1. The molecule has 1 aliphatic heterocycles. The molecule has 0 aliphatic carbocycles.